The van der Waals surface area contributed by atoms with Crippen molar-refractivity contribution in [3.05, 3.63) is 28.3 Å². The third-order valence-corrected chi connectivity index (χ3v) is 2.74. The van der Waals surface area contributed by atoms with Gasteiger partial charge in [0.05, 0.1) is 12.7 Å². The summed E-state index contributed by atoms with van der Waals surface area (Å²) in [7, 11) is 0. The number of hydrogen-bond donors (Lipinski definition) is 2. The van der Waals surface area contributed by atoms with Gasteiger partial charge in [-0.05, 0) is 19.1 Å². The summed E-state index contributed by atoms with van der Waals surface area (Å²) in [6.45, 7) is 2.36. The average molecular weight is 244 g/mol. The summed E-state index contributed by atoms with van der Waals surface area (Å²) in [5, 5.41) is 10.5. The summed E-state index contributed by atoms with van der Waals surface area (Å²) in [5.41, 5.74) is 7.14. The zero-order valence-electron chi connectivity index (χ0n) is 8.94. The highest BCUT2D eigenvalue weighted by molar-refractivity contribution is 6.30. The maximum Gasteiger partial charge on any atom is 0.189 e. The molecule has 2 atom stereocenters. The van der Waals surface area contributed by atoms with Crippen molar-refractivity contribution in [3.8, 4) is 5.75 Å². The standard InChI is InChI=1S/C11H14ClNO3/c1-6(13)10(14)9-3-8(12)2-7-4-15-5-16-11(7)9/h2-3,6,10,14H,4-5,13H2,1H3. The predicted molar refractivity (Wildman–Crippen MR) is 60.3 cm³/mol. The molecule has 16 heavy (non-hydrogen) atoms. The van der Waals surface area contributed by atoms with Crippen molar-refractivity contribution in [1.82, 2.24) is 0 Å². The number of nitrogens with two attached hydrogens (primary N) is 1. The molecule has 1 heterocycles. The highest BCUT2D eigenvalue weighted by Gasteiger charge is 2.23. The molecule has 4 nitrogen and oxygen atoms in total. The number of fused-ring (bicyclic) bond motifs is 1. The second-order valence-electron chi connectivity index (χ2n) is 3.90. The molecule has 0 saturated carbocycles. The van der Waals surface area contributed by atoms with Gasteiger partial charge in [-0.15, -0.1) is 0 Å². The lowest BCUT2D eigenvalue weighted by atomic mass is 10.00. The molecule has 5 heteroatoms. The third kappa shape index (κ3) is 2.15. The Labute approximate surface area is 98.9 Å². The summed E-state index contributed by atoms with van der Waals surface area (Å²) in [6, 6.07) is 3.07. The van der Waals surface area contributed by atoms with Crippen molar-refractivity contribution in [2.24, 2.45) is 5.73 Å². The van der Waals surface area contributed by atoms with Gasteiger partial charge in [0.1, 0.15) is 5.75 Å². The van der Waals surface area contributed by atoms with Crippen LogP contribution in [0.5, 0.6) is 5.75 Å². The molecule has 0 radical (unpaired) electrons. The first-order chi connectivity index (χ1) is 7.59. The van der Waals surface area contributed by atoms with Gasteiger partial charge in [0, 0.05) is 22.2 Å². The molecule has 0 saturated heterocycles. The lowest BCUT2D eigenvalue weighted by Crippen LogP contribution is -2.26. The van der Waals surface area contributed by atoms with E-state index < -0.39 is 6.10 Å². The number of aliphatic hydroxyl groups is 1. The van der Waals surface area contributed by atoms with E-state index in [0.717, 1.165) is 5.56 Å². The average Bonchev–Trinajstić information content (AvgIpc) is 2.26. The summed E-state index contributed by atoms with van der Waals surface area (Å²) in [4.78, 5) is 0. The molecule has 2 rings (SSSR count). The van der Waals surface area contributed by atoms with E-state index in [9.17, 15) is 5.11 Å². The Kier molecular flexibility index (Phi) is 3.35. The highest BCUT2D eigenvalue weighted by atomic mass is 35.5. The van der Waals surface area contributed by atoms with Gasteiger partial charge in [-0.2, -0.15) is 0 Å². The molecule has 0 amide bonds. The molecule has 1 aliphatic heterocycles. The monoisotopic (exact) mass is 243 g/mol. The molecule has 0 aromatic heterocycles. The Morgan fingerprint density at radius 2 is 2.25 bits per heavy atom. The zero-order valence-corrected chi connectivity index (χ0v) is 9.70. The van der Waals surface area contributed by atoms with Gasteiger partial charge >= 0.3 is 0 Å². The molecule has 1 aromatic rings. The van der Waals surface area contributed by atoms with E-state index in [2.05, 4.69) is 0 Å². The van der Waals surface area contributed by atoms with Crippen LogP contribution in [0.4, 0.5) is 0 Å². The minimum atomic E-state index is -0.787. The number of hydrogen-bond acceptors (Lipinski definition) is 4. The van der Waals surface area contributed by atoms with E-state index in [1.807, 2.05) is 0 Å². The largest absolute Gasteiger partial charge is 0.467 e. The van der Waals surface area contributed by atoms with Crippen molar-refractivity contribution in [2.45, 2.75) is 25.7 Å². The van der Waals surface area contributed by atoms with Crippen LogP contribution < -0.4 is 10.5 Å². The highest BCUT2D eigenvalue weighted by Crippen LogP contribution is 2.35. The zero-order chi connectivity index (χ0) is 11.7. The quantitative estimate of drug-likeness (QED) is 0.828. The van der Waals surface area contributed by atoms with Gasteiger partial charge < -0.3 is 20.3 Å². The Bertz CT molecular complexity index is 395. The second kappa shape index (κ2) is 4.59. The Hall–Kier alpha value is -0.810. The molecule has 2 unspecified atom stereocenters. The third-order valence-electron chi connectivity index (χ3n) is 2.52. The van der Waals surface area contributed by atoms with Crippen LogP contribution in [0.25, 0.3) is 0 Å². The van der Waals surface area contributed by atoms with Crippen LogP contribution in [-0.2, 0) is 11.3 Å². The Balaban J connectivity index is 2.47. The maximum atomic E-state index is 9.97. The van der Waals surface area contributed by atoms with Gasteiger partial charge in [-0.3, -0.25) is 0 Å². The second-order valence-corrected chi connectivity index (χ2v) is 4.33. The summed E-state index contributed by atoms with van der Waals surface area (Å²) in [6.07, 6.45) is -0.787. The van der Waals surface area contributed by atoms with Gasteiger partial charge in [0.2, 0.25) is 0 Å². The van der Waals surface area contributed by atoms with E-state index in [4.69, 9.17) is 26.8 Å². The lowest BCUT2D eigenvalue weighted by Gasteiger charge is -2.24. The van der Waals surface area contributed by atoms with E-state index in [0.29, 0.717) is 22.9 Å². The van der Waals surface area contributed by atoms with Crippen molar-refractivity contribution >= 4 is 11.6 Å². The number of halogens is 1. The molecule has 88 valence electrons. The summed E-state index contributed by atoms with van der Waals surface area (Å²) in [5.74, 6) is 0.639. The SMILES string of the molecule is CC(N)C(O)c1cc(Cl)cc2c1OCOC2. The van der Waals surface area contributed by atoms with Gasteiger partial charge in [-0.25, -0.2) is 0 Å². The van der Waals surface area contributed by atoms with Crippen molar-refractivity contribution in [1.29, 1.82) is 0 Å². The van der Waals surface area contributed by atoms with Gasteiger partial charge in [-0.1, -0.05) is 11.6 Å². The first-order valence-electron chi connectivity index (χ1n) is 5.06. The van der Waals surface area contributed by atoms with E-state index in [-0.39, 0.29) is 12.8 Å². The Morgan fingerprint density at radius 3 is 2.94 bits per heavy atom. The number of ether oxygens (including phenoxy) is 2. The molecule has 0 fully saturated rings. The summed E-state index contributed by atoms with van der Waals surface area (Å²) < 4.78 is 10.5. The number of aliphatic hydroxyl groups excluding tert-OH is 1. The molecule has 0 bridgehead atoms. The van der Waals surface area contributed by atoms with Gasteiger partial charge in [0.15, 0.2) is 6.79 Å². The van der Waals surface area contributed by atoms with Crippen LogP contribution in [-0.4, -0.2) is 17.9 Å². The van der Waals surface area contributed by atoms with Crippen LogP contribution in [0.2, 0.25) is 5.02 Å². The number of rotatable bonds is 2. The van der Waals surface area contributed by atoms with Crippen LogP contribution in [0.1, 0.15) is 24.2 Å². The minimum Gasteiger partial charge on any atom is -0.467 e. The molecular weight excluding hydrogens is 230 g/mol. The fraction of sp³-hybridized carbons (Fsp3) is 0.455. The molecule has 1 aromatic carbocycles. The molecule has 0 aliphatic carbocycles. The fourth-order valence-electron chi connectivity index (χ4n) is 1.71. The maximum absolute atomic E-state index is 9.97. The van der Waals surface area contributed by atoms with Crippen molar-refractivity contribution < 1.29 is 14.6 Å². The molecule has 3 N–H and O–H groups in total. The van der Waals surface area contributed by atoms with Gasteiger partial charge in [0.25, 0.3) is 0 Å². The predicted octanol–water partition coefficient (Wildman–Crippen LogP) is 1.59. The lowest BCUT2D eigenvalue weighted by molar-refractivity contribution is -0.0188. The van der Waals surface area contributed by atoms with Crippen LogP contribution >= 0.6 is 11.6 Å². The fourth-order valence-corrected chi connectivity index (χ4v) is 1.96. The smallest absolute Gasteiger partial charge is 0.189 e. The van der Waals surface area contributed by atoms with Crippen molar-refractivity contribution in [3.63, 3.8) is 0 Å². The molecular formula is C11H14ClNO3. The Morgan fingerprint density at radius 1 is 1.50 bits per heavy atom. The topological polar surface area (TPSA) is 64.7 Å². The van der Waals surface area contributed by atoms with Crippen LogP contribution in [0.15, 0.2) is 12.1 Å². The first kappa shape index (κ1) is 11.7. The van der Waals surface area contributed by atoms with E-state index >= 15 is 0 Å². The van der Waals surface area contributed by atoms with Crippen LogP contribution in [0.3, 0.4) is 0 Å². The minimum absolute atomic E-state index is 0.188. The van der Waals surface area contributed by atoms with E-state index in [1.165, 1.54) is 0 Å². The van der Waals surface area contributed by atoms with Crippen LogP contribution in [0, 0.1) is 0 Å². The van der Waals surface area contributed by atoms with E-state index in [1.54, 1.807) is 19.1 Å². The molecule has 1 aliphatic rings. The normalized spacial score (nSPS) is 18.5. The molecule has 0 spiro atoms. The number of benzene rings is 1. The van der Waals surface area contributed by atoms with Crippen molar-refractivity contribution in [2.75, 3.05) is 6.79 Å². The summed E-state index contributed by atoms with van der Waals surface area (Å²) >= 11 is 5.97. The first-order valence-corrected chi connectivity index (χ1v) is 5.44.